The van der Waals surface area contributed by atoms with E-state index in [1.165, 1.54) is 10.8 Å². The van der Waals surface area contributed by atoms with Gasteiger partial charge in [0, 0.05) is 18.3 Å². The van der Waals surface area contributed by atoms with Crippen LogP contribution in [0.5, 0.6) is 0 Å². The van der Waals surface area contributed by atoms with Crippen molar-refractivity contribution in [2.75, 3.05) is 13.2 Å². The molecule has 2 aliphatic rings. The van der Waals surface area contributed by atoms with Crippen molar-refractivity contribution in [1.82, 2.24) is 14.9 Å². The highest BCUT2D eigenvalue weighted by molar-refractivity contribution is 5.16. The summed E-state index contributed by atoms with van der Waals surface area (Å²) in [4.78, 5) is 26.1. The fourth-order valence-corrected chi connectivity index (χ4v) is 3.70. The maximum absolute atomic E-state index is 12.2. The van der Waals surface area contributed by atoms with E-state index in [4.69, 9.17) is 9.47 Å². The summed E-state index contributed by atoms with van der Waals surface area (Å²) in [5.74, 6) is 0. The zero-order valence-electron chi connectivity index (χ0n) is 14.3. The van der Waals surface area contributed by atoms with Crippen molar-refractivity contribution < 1.29 is 14.6 Å². The molecular weight excluding hydrogens is 338 g/mol. The molecule has 1 aromatic heterocycles. The molecule has 138 valence electrons. The standard InChI is InChI=1S/C18H21N3O5/c1-11-7-21(17(24)20-15(11)23)16-13-14(18(10-22,26-16)9-19-13)25-8-12-5-3-2-4-6-12/h2-7,13-14,16,19,22H,8-10H2,1H3,(H,20,23,24)/t13-,14+,16-,18-/m1/s1. The fourth-order valence-electron chi connectivity index (χ4n) is 3.70. The Morgan fingerprint density at radius 2 is 2.12 bits per heavy atom. The minimum Gasteiger partial charge on any atom is -0.393 e. The summed E-state index contributed by atoms with van der Waals surface area (Å²) < 4.78 is 13.5. The van der Waals surface area contributed by atoms with E-state index >= 15 is 0 Å². The molecule has 0 amide bonds. The molecule has 4 rings (SSSR count). The van der Waals surface area contributed by atoms with Crippen LogP contribution in [-0.4, -0.2) is 45.6 Å². The average molecular weight is 359 g/mol. The van der Waals surface area contributed by atoms with Gasteiger partial charge in [0.1, 0.15) is 11.7 Å². The number of H-pyrrole nitrogens is 1. The number of fused-ring (bicyclic) bond motifs is 2. The topological polar surface area (TPSA) is 106 Å². The molecule has 0 saturated carbocycles. The number of rotatable bonds is 5. The van der Waals surface area contributed by atoms with E-state index in [1.807, 2.05) is 30.3 Å². The number of nitrogens with one attached hydrogen (secondary N) is 2. The van der Waals surface area contributed by atoms with E-state index in [1.54, 1.807) is 6.92 Å². The third-order valence-electron chi connectivity index (χ3n) is 5.10. The van der Waals surface area contributed by atoms with Crippen molar-refractivity contribution in [3.63, 3.8) is 0 Å². The van der Waals surface area contributed by atoms with Crippen molar-refractivity contribution in [3.05, 3.63) is 68.5 Å². The van der Waals surface area contributed by atoms with Gasteiger partial charge in [-0.05, 0) is 12.5 Å². The summed E-state index contributed by atoms with van der Waals surface area (Å²) in [7, 11) is 0. The van der Waals surface area contributed by atoms with Gasteiger partial charge in [-0.3, -0.25) is 14.3 Å². The molecule has 3 heterocycles. The lowest BCUT2D eigenvalue weighted by Gasteiger charge is -2.30. The Morgan fingerprint density at radius 1 is 1.35 bits per heavy atom. The first-order chi connectivity index (χ1) is 12.5. The molecule has 4 atom stereocenters. The number of hydrogen-bond donors (Lipinski definition) is 3. The van der Waals surface area contributed by atoms with E-state index in [9.17, 15) is 14.7 Å². The van der Waals surface area contributed by atoms with Crippen LogP contribution >= 0.6 is 0 Å². The Kier molecular flexibility index (Phi) is 4.28. The van der Waals surface area contributed by atoms with Crippen molar-refractivity contribution in [2.45, 2.75) is 37.5 Å². The fraction of sp³-hybridized carbons (Fsp3) is 0.444. The maximum Gasteiger partial charge on any atom is 0.330 e. The van der Waals surface area contributed by atoms with E-state index in [2.05, 4.69) is 10.3 Å². The summed E-state index contributed by atoms with van der Waals surface area (Å²) in [6, 6.07) is 9.42. The number of aliphatic hydroxyl groups is 1. The SMILES string of the molecule is Cc1cn([C@@H]2O[C@@]3(CO)CN[C@@H]2[C@@H]3OCc2ccccc2)c(=O)[nH]c1=O. The van der Waals surface area contributed by atoms with Crippen LogP contribution in [0.4, 0.5) is 0 Å². The van der Waals surface area contributed by atoms with Crippen LogP contribution in [0.2, 0.25) is 0 Å². The molecule has 2 aliphatic heterocycles. The number of benzene rings is 1. The van der Waals surface area contributed by atoms with Crippen LogP contribution in [0, 0.1) is 6.92 Å². The molecule has 2 aromatic rings. The normalized spacial score (nSPS) is 30.0. The minimum atomic E-state index is -0.923. The smallest absolute Gasteiger partial charge is 0.330 e. The molecule has 0 aliphatic carbocycles. The quantitative estimate of drug-likeness (QED) is 0.675. The van der Waals surface area contributed by atoms with Crippen molar-refractivity contribution in [2.24, 2.45) is 0 Å². The summed E-state index contributed by atoms with van der Waals surface area (Å²) in [5.41, 5.74) is -0.463. The molecule has 8 nitrogen and oxygen atoms in total. The molecule has 2 fully saturated rings. The molecule has 26 heavy (non-hydrogen) atoms. The Balaban J connectivity index is 1.62. The summed E-state index contributed by atoms with van der Waals surface area (Å²) in [6.45, 7) is 2.20. The lowest BCUT2D eigenvalue weighted by molar-refractivity contribution is -0.142. The Morgan fingerprint density at radius 3 is 2.85 bits per heavy atom. The van der Waals surface area contributed by atoms with Gasteiger partial charge in [-0.15, -0.1) is 0 Å². The van der Waals surface area contributed by atoms with E-state index in [-0.39, 0.29) is 12.6 Å². The van der Waals surface area contributed by atoms with Gasteiger partial charge in [-0.2, -0.15) is 0 Å². The number of ether oxygens (including phenoxy) is 2. The van der Waals surface area contributed by atoms with E-state index in [0.717, 1.165) is 5.56 Å². The first-order valence-corrected chi connectivity index (χ1v) is 8.54. The number of aryl methyl sites for hydroxylation is 1. The Labute approximate surface area is 149 Å². The summed E-state index contributed by atoms with van der Waals surface area (Å²) in [6.07, 6.45) is 0.393. The van der Waals surface area contributed by atoms with Crippen LogP contribution in [0.25, 0.3) is 0 Å². The maximum atomic E-state index is 12.2. The van der Waals surface area contributed by atoms with Gasteiger partial charge < -0.3 is 19.9 Å². The monoisotopic (exact) mass is 359 g/mol. The van der Waals surface area contributed by atoms with Gasteiger partial charge in [0.15, 0.2) is 6.23 Å². The van der Waals surface area contributed by atoms with Gasteiger partial charge in [0.05, 0.1) is 19.3 Å². The predicted octanol–water partition coefficient (Wildman–Crippen LogP) is -0.338. The first-order valence-electron chi connectivity index (χ1n) is 8.54. The summed E-state index contributed by atoms with van der Waals surface area (Å²) in [5, 5.41) is 13.2. The Hall–Kier alpha value is -2.26. The highest BCUT2D eigenvalue weighted by atomic mass is 16.6. The van der Waals surface area contributed by atoms with Gasteiger partial charge in [0.2, 0.25) is 0 Å². The predicted molar refractivity (Wildman–Crippen MR) is 92.8 cm³/mol. The van der Waals surface area contributed by atoms with E-state index in [0.29, 0.717) is 18.7 Å². The van der Waals surface area contributed by atoms with Gasteiger partial charge in [-0.1, -0.05) is 30.3 Å². The number of aromatic amines is 1. The van der Waals surface area contributed by atoms with Crippen LogP contribution in [-0.2, 0) is 16.1 Å². The third kappa shape index (κ3) is 2.71. The van der Waals surface area contributed by atoms with Crippen molar-refractivity contribution in [3.8, 4) is 0 Å². The zero-order valence-corrected chi connectivity index (χ0v) is 14.3. The van der Waals surface area contributed by atoms with Crippen molar-refractivity contribution in [1.29, 1.82) is 0 Å². The first kappa shape index (κ1) is 17.2. The molecule has 0 radical (unpaired) electrons. The minimum absolute atomic E-state index is 0.233. The summed E-state index contributed by atoms with van der Waals surface area (Å²) >= 11 is 0. The molecule has 0 spiro atoms. The van der Waals surface area contributed by atoms with Gasteiger partial charge in [-0.25, -0.2) is 4.79 Å². The second-order valence-electron chi connectivity index (χ2n) is 6.83. The number of aromatic nitrogens is 2. The number of morpholine rings is 1. The highest BCUT2D eigenvalue weighted by Gasteiger charge is 2.61. The number of nitrogens with zero attached hydrogens (tertiary/aromatic N) is 1. The van der Waals surface area contributed by atoms with Crippen LogP contribution in [0.3, 0.4) is 0 Å². The van der Waals surface area contributed by atoms with Gasteiger partial charge >= 0.3 is 5.69 Å². The highest BCUT2D eigenvalue weighted by Crippen LogP contribution is 2.42. The number of aliphatic hydroxyl groups excluding tert-OH is 1. The molecule has 8 heteroatoms. The van der Waals surface area contributed by atoms with Gasteiger partial charge in [0.25, 0.3) is 5.56 Å². The third-order valence-corrected chi connectivity index (χ3v) is 5.10. The zero-order chi connectivity index (χ0) is 18.3. The molecule has 1 aromatic carbocycles. The Bertz CT molecular complexity index is 909. The molecule has 3 N–H and O–H groups in total. The lowest BCUT2D eigenvalue weighted by Crippen LogP contribution is -2.48. The average Bonchev–Trinajstić information content (AvgIpc) is 3.16. The second kappa shape index (κ2) is 6.48. The molecular formula is C18H21N3O5. The molecule has 2 saturated heterocycles. The largest absolute Gasteiger partial charge is 0.393 e. The molecule has 0 unspecified atom stereocenters. The van der Waals surface area contributed by atoms with Crippen molar-refractivity contribution >= 4 is 0 Å². The van der Waals surface area contributed by atoms with Crippen LogP contribution in [0.15, 0.2) is 46.1 Å². The molecule has 2 bridgehead atoms. The van der Waals surface area contributed by atoms with E-state index < -0.39 is 29.2 Å². The lowest BCUT2D eigenvalue weighted by atomic mass is 10.00. The number of hydrogen-bond acceptors (Lipinski definition) is 6. The second-order valence-corrected chi connectivity index (χ2v) is 6.83. The van der Waals surface area contributed by atoms with Crippen LogP contribution < -0.4 is 16.6 Å². The van der Waals surface area contributed by atoms with Crippen LogP contribution in [0.1, 0.15) is 17.4 Å².